The van der Waals surface area contributed by atoms with Gasteiger partial charge in [0.05, 0.1) is 11.2 Å². The lowest BCUT2D eigenvalue weighted by molar-refractivity contribution is 0.00578. The molecule has 0 unspecified atom stereocenters. The zero-order valence-electron chi connectivity index (χ0n) is 12.8. The quantitative estimate of drug-likeness (QED) is 0.567. The highest BCUT2D eigenvalue weighted by atomic mass is 19.1. The van der Waals surface area contributed by atoms with Crippen molar-refractivity contribution in [3.05, 3.63) is 11.8 Å². The molecule has 0 aromatic carbocycles. The Morgan fingerprint density at radius 2 is 1.74 bits per heavy atom. The van der Waals surface area contributed by atoms with Gasteiger partial charge in [-0.15, -0.1) is 12.3 Å². The molecule has 1 aliphatic heterocycles. The summed E-state index contributed by atoms with van der Waals surface area (Å²) in [6, 6.07) is 0. The van der Waals surface area contributed by atoms with Gasteiger partial charge in [0.1, 0.15) is 5.73 Å². The Hall–Kier alpha value is -0.785. The highest BCUT2D eigenvalue weighted by Crippen LogP contribution is 2.39. The van der Waals surface area contributed by atoms with Crippen molar-refractivity contribution < 1.29 is 13.7 Å². The fourth-order valence-corrected chi connectivity index (χ4v) is 1.86. The van der Waals surface area contributed by atoms with E-state index in [4.69, 9.17) is 15.7 Å². The lowest BCUT2D eigenvalue weighted by Crippen LogP contribution is -2.41. The molecule has 4 heteroatoms. The van der Waals surface area contributed by atoms with E-state index in [2.05, 4.69) is 5.92 Å². The summed E-state index contributed by atoms with van der Waals surface area (Å²) in [4.78, 5) is 0. The molecule has 0 radical (unpaired) electrons. The first-order valence-corrected chi connectivity index (χ1v) is 6.68. The molecule has 0 spiro atoms. The highest BCUT2D eigenvalue weighted by Gasteiger charge is 2.53. The maximum atomic E-state index is 14.3. The third-order valence-corrected chi connectivity index (χ3v) is 3.92. The zero-order chi connectivity index (χ0) is 14.9. The minimum atomic E-state index is -0.921. The molecule has 106 valence electrons. The maximum absolute atomic E-state index is 14.3. The van der Waals surface area contributed by atoms with Crippen molar-refractivity contribution >= 4 is 7.12 Å². The first-order chi connectivity index (χ1) is 8.51. The molecule has 2 nitrogen and oxygen atoms in total. The van der Waals surface area contributed by atoms with Crippen LogP contribution in [0.25, 0.3) is 0 Å². The maximum Gasteiger partial charge on any atom is 0.524 e. The predicted octanol–water partition coefficient (Wildman–Crippen LogP) is 3.91. The Morgan fingerprint density at radius 1 is 1.26 bits per heavy atom. The summed E-state index contributed by atoms with van der Waals surface area (Å²) in [5, 5.41) is 0. The molecule has 0 aromatic rings. The van der Waals surface area contributed by atoms with Crippen molar-refractivity contribution in [2.45, 2.75) is 65.6 Å². The lowest BCUT2D eigenvalue weighted by Gasteiger charge is -2.32. The van der Waals surface area contributed by atoms with E-state index in [1.54, 1.807) is 6.08 Å². The van der Waals surface area contributed by atoms with E-state index >= 15 is 0 Å². The average Bonchev–Trinajstić information content (AvgIpc) is 2.45. The summed E-state index contributed by atoms with van der Waals surface area (Å²) in [6.45, 7) is 11.5. The van der Waals surface area contributed by atoms with Gasteiger partial charge in [0.15, 0.2) is 0 Å². The van der Waals surface area contributed by atoms with Gasteiger partial charge in [0.2, 0.25) is 0 Å². The van der Waals surface area contributed by atoms with E-state index < -0.39 is 18.3 Å². The number of terminal acetylenes is 1. The van der Waals surface area contributed by atoms with E-state index in [1.165, 1.54) is 0 Å². The second-order valence-electron chi connectivity index (χ2n) is 6.81. The van der Waals surface area contributed by atoms with Gasteiger partial charge in [-0.1, -0.05) is 19.9 Å². The molecule has 1 fully saturated rings. The van der Waals surface area contributed by atoms with Gasteiger partial charge in [0, 0.05) is 6.42 Å². The molecule has 0 aromatic heterocycles. The SMILES string of the molecule is C#CCCC(C)(C)C=C(F)B1OC(C)(C)C(C)(C)O1. The second-order valence-corrected chi connectivity index (χ2v) is 6.81. The van der Waals surface area contributed by atoms with Crippen molar-refractivity contribution in [3.8, 4) is 12.3 Å². The molecule has 1 heterocycles. The van der Waals surface area contributed by atoms with Crippen molar-refractivity contribution in [1.29, 1.82) is 0 Å². The smallest absolute Gasteiger partial charge is 0.398 e. The lowest BCUT2D eigenvalue weighted by atomic mass is 9.79. The van der Waals surface area contributed by atoms with Crippen molar-refractivity contribution in [2.75, 3.05) is 0 Å². The summed E-state index contributed by atoms with van der Waals surface area (Å²) in [5.41, 5.74) is -1.72. The molecular weight excluding hydrogens is 242 g/mol. The van der Waals surface area contributed by atoms with Crippen LogP contribution in [0.2, 0.25) is 0 Å². The number of hydrogen-bond acceptors (Lipinski definition) is 2. The van der Waals surface area contributed by atoms with Crippen molar-refractivity contribution in [3.63, 3.8) is 0 Å². The van der Waals surface area contributed by atoms with E-state index in [0.29, 0.717) is 6.42 Å². The normalized spacial score (nSPS) is 22.4. The Balaban J connectivity index is 2.80. The summed E-state index contributed by atoms with van der Waals surface area (Å²) in [6.07, 6.45) is 8.17. The first-order valence-electron chi connectivity index (χ1n) is 6.68. The van der Waals surface area contributed by atoms with E-state index in [1.807, 2.05) is 41.5 Å². The fourth-order valence-electron chi connectivity index (χ4n) is 1.86. The number of allylic oxidation sites excluding steroid dienone is 1. The van der Waals surface area contributed by atoms with Crippen LogP contribution in [0.4, 0.5) is 4.39 Å². The summed E-state index contributed by atoms with van der Waals surface area (Å²) in [7, 11) is -0.921. The van der Waals surface area contributed by atoms with Crippen LogP contribution >= 0.6 is 0 Å². The second kappa shape index (κ2) is 5.30. The zero-order valence-corrected chi connectivity index (χ0v) is 12.8. The van der Waals surface area contributed by atoms with Crippen LogP contribution in [-0.2, 0) is 9.31 Å². The molecular formula is C15H24BFO2. The first kappa shape index (κ1) is 16.3. The monoisotopic (exact) mass is 266 g/mol. The van der Waals surface area contributed by atoms with Gasteiger partial charge in [-0.05, 0) is 39.5 Å². The van der Waals surface area contributed by atoms with Gasteiger partial charge in [-0.25, -0.2) is 4.39 Å². The summed E-state index contributed by atoms with van der Waals surface area (Å²) >= 11 is 0. The molecule has 0 saturated carbocycles. The molecule has 19 heavy (non-hydrogen) atoms. The third kappa shape index (κ3) is 3.84. The largest absolute Gasteiger partial charge is 0.524 e. The number of halogens is 1. The summed E-state index contributed by atoms with van der Waals surface area (Å²) in [5.74, 6) is 2.58. The van der Waals surface area contributed by atoms with Gasteiger partial charge in [-0.3, -0.25) is 0 Å². The van der Waals surface area contributed by atoms with Crippen LogP contribution in [0.1, 0.15) is 54.4 Å². The molecule has 0 atom stereocenters. The van der Waals surface area contributed by atoms with Crippen molar-refractivity contribution in [2.24, 2.45) is 5.41 Å². The number of rotatable bonds is 4. The predicted molar refractivity (Wildman–Crippen MR) is 77.1 cm³/mol. The minimum Gasteiger partial charge on any atom is -0.398 e. The summed E-state index contributed by atoms with van der Waals surface area (Å²) < 4.78 is 25.6. The molecule has 1 rings (SSSR count). The van der Waals surface area contributed by atoms with Crippen molar-refractivity contribution in [1.82, 2.24) is 0 Å². The van der Waals surface area contributed by atoms with Crippen LogP contribution in [0, 0.1) is 17.8 Å². The fraction of sp³-hybridized carbons (Fsp3) is 0.733. The molecule has 0 bridgehead atoms. The van der Waals surface area contributed by atoms with E-state index in [0.717, 1.165) is 6.42 Å². The Morgan fingerprint density at radius 3 is 2.16 bits per heavy atom. The Labute approximate surface area is 116 Å². The highest BCUT2D eigenvalue weighted by molar-refractivity contribution is 6.53. The topological polar surface area (TPSA) is 18.5 Å². The Bertz CT molecular complexity index is 389. The third-order valence-electron chi connectivity index (χ3n) is 3.92. The Kier molecular flexibility index (Phi) is 4.54. The van der Waals surface area contributed by atoms with Crippen LogP contribution in [0.3, 0.4) is 0 Å². The van der Waals surface area contributed by atoms with Crippen LogP contribution in [0.15, 0.2) is 11.8 Å². The molecule has 1 aliphatic rings. The van der Waals surface area contributed by atoms with E-state index in [9.17, 15) is 4.39 Å². The molecule has 0 amide bonds. The van der Waals surface area contributed by atoms with Crippen LogP contribution in [0.5, 0.6) is 0 Å². The average molecular weight is 266 g/mol. The van der Waals surface area contributed by atoms with Gasteiger partial charge in [0.25, 0.3) is 0 Å². The van der Waals surface area contributed by atoms with Gasteiger partial charge in [-0.2, -0.15) is 0 Å². The molecule has 0 aliphatic carbocycles. The van der Waals surface area contributed by atoms with E-state index in [-0.39, 0.29) is 11.1 Å². The van der Waals surface area contributed by atoms with Crippen LogP contribution in [-0.4, -0.2) is 18.3 Å². The van der Waals surface area contributed by atoms with Gasteiger partial charge < -0.3 is 9.31 Å². The minimum absolute atomic E-state index is 0.306. The standard InChI is InChI=1S/C15H24BFO2/c1-8-9-10-13(2,3)11-12(17)16-18-14(4,5)15(6,7)19-16/h1,11H,9-10H2,2-7H3. The van der Waals surface area contributed by atoms with Crippen LogP contribution < -0.4 is 0 Å². The van der Waals surface area contributed by atoms with Gasteiger partial charge >= 0.3 is 7.12 Å². The molecule has 1 saturated heterocycles. The molecule has 0 N–H and O–H groups in total. The number of hydrogen-bond donors (Lipinski definition) is 0.